The van der Waals surface area contributed by atoms with Crippen LogP contribution >= 0.6 is 11.6 Å². The minimum atomic E-state index is -0.706. The van der Waals surface area contributed by atoms with E-state index in [4.69, 9.17) is 21.1 Å². The molecular formula is C19H17ClFNO4. The van der Waals surface area contributed by atoms with Crippen molar-refractivity contribution in [3.63, 3.8) is 0 Å². The second-order valence-corrected chi connectivity index (χ2v) is 5.67. The van der Waals surface area contributed by atoms with Crippen LogP contribution in [-0.4, -0.2) is 25.6 Å². The van der Waals surface area contributed by atoms with Crippen molar-refractivity contribution in [2.45, 2.75) is 6.54 Å². The minimum Gasteiger partial charge on any atom is -0.494 e. The highest BCUT2D eigenvalue weighted by Gasteiger charge is 2.06. The van der Waals surface area contributed by atoms with Gasteiger partial charge in [0.25, 0.3) is 5.91 Å². The molecular weight excluding hydrogens is 361 g/mol. The van der Waals surface area contributed by atoms with Crippen molar-refractivity contribution in [3.05, 3.63) is 70.5 Å². The number of esters is 1. The molecule has 0 saturated heterocycles. The zero-order valence-corrected chi connectivity index (χ0v) is 14.8. The molecule has 2 aromatic rings. The maximum absolute atomic E-state index is 13.5. The topological polar surface area (TPSA) is 64.6 Å². The van der Waals surface area contributed by atoms with Crippen LogP contribution in [0.1, 0.15) is 11.1 Å². The third-order valence-corrected chi connectivity index (χ3v) is 3.59. The first-order valence-corrected chi connectivity index (χ1v) is 8.05. The van der Waals surface area contributed by atoms with Crippen LogP contribution in [0.5, 0.6) is 5.75 Å². The lowest BCUT2D eigenvalue weighted by molar-refractivity contribution is -0.143. The van der Waals surface area contributed by atoms with Gasteiger partial charge in [0.2, 0.25) is 0 Å². The number of ether oxygens (including phenoxy) is 2. The lowest BCUT2D eigenvalue weighted by atomic mass is 10.2. The maximum Gasteiger partial charge on any atom is 0.331 e. The van der Waals surface area contributed by atoms with E-state index < -0.39 is 24.3 Å². The van der Waals surface area contributed by atoms with Crippen LogP contribution in [0.4, 0.5) is 4.39 Å². The number of benzene rings is 2. The van der Waals surface area contributed by atoms with Crippen molar-refractivity contribution >= 4 is 29.6 Å². The van der Waals surface area contributed by atoms with Crippen molar-refractivity contribution < 1.29 is 23.5 Å². The molecule has 1 amide bonds. The van der Waals surface area contributed by atoms with Crippen molar-refractivity contribution in [2.24, 2.45) is 0 Å². The highest BCUT2D eigenvalue weighted by atomic mass is 35.5. The largest absolute Gasteiger partial charge is 0.494 e. The highest BCUT2D eigenvalue weighted by Crippen LogP contribution is 2.18. The number of hydrogen-bond donors (Lipinski definition) is 1. The number of nitrogens with one attached hydrogen (secondary N) is 1. The average molecular weight is 378 g/mol. The summed E-state index contributed by atoms with van der Waals surface area (Å²) in [5.74, 6) is -1.56. The summed E-state index contributed by atoms with van der Waals surface area (Å²) < 4.78 is 23.2. The van der Waals surface area contributed by atoms with Gasteiger partial charge >= 0.3 is 5.97 Å². The Morgan fingerprint density at radius 3 is 2.58 bits per heavy atom. The number of methoxy groups -OCH3 is 1. The molecule has 0 atom stereocenters. The van der Waals surface area contributed by atoms with E-state index in [1.807, 2.05) is 0 Å². The van der Waals surface area contributed by atoms with Crippen LogP contribution < -0.4 is 10.1 Å². The van der Waals surface area contributed by atoms with Crippen LogP contribution in [0, 0.1) is 5.82 Å². The van der Waals surface area contributed by atoms with Crippen molar-refractivity contribution in [3.8, 4) is 5.75 Å². The number of carbonyl (C=O) groups excluding carboxylic acids is 2. The molecule has 26 heavy (non-hydrogen) atoms. The molecule has 2 rings (SSSR count). The Bertz CT molecular complexity index is 806. The number of hydrogen-bond acceptors (Lipinski definition) is 4. The molecule has 0 fully saturated rings. The number of rotatable bonds is 7. The van der Waals surface area contributed by atoms with Gasteiger partial charge in [-0.1, -0.05) is 29.8 Å². The Kier molecular flexibility index (Phi) is 7.17. The molecule has 5 nitrogen and oxygen atoms in total. The zero-order valence-electron chi connectivity index (χ0n) is 14.0. The van der Waals surface area contributed by atoms with Gasteiger partial charge in [-0.05, 0) is 41.5 Å². The van der Waals surface area contributed by atoms with Gasteiger partial charge < -0.3 is 14.8 Å². The minimum absolute atomic E-state index is 0.113. The molecule has 0 aliphatic heterocycles. The summed E-state index contributed by atoms with van der Waals surface area (Å²) in [6, 6.07) is 11.3. The Hall–Kier alpha value is -2.86. The van der Waals surface area contributed by atoms with Gasteiger partial charge in [-0.25, -0.2) is 9.18 Å². The van der Waals surface area contributed by atoms with Gasteiger partial charge in [-0.2, -0.15) is 0 Å². The van der Waals surface area contributed by atoms with E-state index in [0.717, 1.165) is 11.6 Å². The van der Waals surface area contributed by atoms with Crippen LogP contribution in [-0.2, 0) is 20.9 Å². The Balaban J connectivity index is 1.76. The standard InChI is InChI=1S/C19H17ClFNO4/c1-25-17-8-4-13(10-16(17)21)5-9-19(24)26-12-18(23)22-11-14-2-6-15(20)7-3-14/h2-10H,11-12H2,1H3,(H,22,23)/b9-5+. The van der Waals surface area contributed by atoms with Crippen LogP contribution in [0.25, 0.3) is 6.08 Å². The van der Waals surface area contributed by atoms with Gasteiger partial charge in [0, 0.05) is 17.6 Å². The number of carbonyl (C=O) groups is 2. The maximum atomic E-state index is 13.5. The fourth-order valence-electron chi connectivity index (χ4n) is 1.99. The molecule has 0 unspecified atom stereocenters. The molecule has 0 spiro atoms. The number of halogens is 2. The first kappa shape index (κ1) is 19.5. The van der Waals surface area contributed by atoms with E-state index in [-0.39, 0.29) is 5.75 Å². The summed E-state index contributed by atoms with van der Waals surface area (Å²) in [4.78, 5) is 23.3. The molecule has 0 heterocycles. The first-order chi connectivity index (χ1) is 12.5. The van der Waals surface area contributed by atoms with E-state index in [1.54, 1.807) is 30.3 Å². The predicted octanol–water partition coefficient (Wildman–Crippen LogP) is 3.36. The molecule has 0 bridgehead atoms. The van der Waals surface area contributed by atoms with E-state index in [2.05, 4.69) is 5.32 Å². The Morgan fingerprint density at radius 1 is 1.19 bits per heavy atom. The van der Waals surface area contributed by atoms with Gasteiger partial charge in [0.15, 0.2) is 18.2 Å². The van der Waals surface area contributed by atoms with Gasteiger partial charge in [0.1, 0.15) is 0 Å². The van der Waals surface area contributed by atoms with Gasteiger partial charge in [-0.15, -0.1) is 0 Å². The van der Waals surface area contributed by atoms with Crippen LogP contribution in [0.2, 0.25) is 5.02 Å². The van der Waals surface area contributed by atoms with Gasteiger partial charge in [-0.3, -0.25) is 4.79 Å². The van der Waals surface area contributed by atoms with E-state index >= 15 is 0 Å². The molecule has 0 aliphatic carbocycles. The predicted molar refractivity (Wildman–Crippen MR) is 96.2 cm³/mol. The fourth-order valence-corrected chi connectivity index (χ4v) is 2.12. The summed E-state index contributed by atoms with van der Waals surface area (Å²) in [7, 11) is 1.36. The summed E-state index contributed by atoms with van der Waals surface area (Å²) >= 11 is 5.78. The van der Waals surface area contributed by atoms with Gasteiger partial charge in [0.05, 0.1) is 7.11 Å². The highest BCUT2D eigenvalue weighted by molar-refractivity contribution is 6.30. The Morgan fingerprint density at radius 2 is 1.92 bits per heavy atom. The van der Waals surface area contributed by atoms with Crippen LogP contribution in [0.3, 0.4) is 0 Å². The Labute approximate surface area is 155 Å². The molecule has 0 radical (unpaired) electrons. The van der Waals surface area contributed by atoms with Crippen molar-refractivity contribution in [1.29, 1.82) is 0 Å². The monoisotopic (exact) mass is 377 g/mol. The van der Waals surface area contributed by atoms with Crippen molar-refractivity contribution in [2.75, 3.05) is 13.7 Å². The molecule has 2 aromatic carbocycles. The average Bonchev–Trinajstić information content (AvgIpc) is 2.64. The van der Waals surface area contributed by atoms with E-state index in [1.165, 1.54) is 25.3 Å². The zero-order chi connectivity index (χ0) is 18.9. The summed E-state index contributed by atoms with van der Waals surface area (Å²) in [5.41, 5.74) is 1.34. The normalized spacial score (nSPS) is 10.6. The number of amides is 1. The first-order valence-electron chi connectivity index (χ1n) is 7.67. The van der Waals surface area contributed by atoms with E-state index in [9.17, 15) is 14.0 Å². The SMILES string of the molecule is COc1ccc(/C=C/C(=O)OCC(=O)NCc2ccc(Cl)cc2)cc1F. The third kappa shape index (κ3) is 6.22. The lowest BCUT2D eigenvalue weighted by Crippen LogP contribution is -2.28. The van der Waals surface area contributed by atoms with Crippen molar-refractivity contribution in [1.82, 2.24) is 5.32 Å². The molecule has 7 heteroatoms. The molecule has 0 saturated carbocycles. The molecule has 0 aromatic heterocycles. The molecule has 1 N–H and O–H groups in total. The smallest absolute Gasteiger partial charge is 0.331 e. The second kappa shape index (κ2) is 9.58. The summed E-state index contributed by atoms with van der Waals surface area (Å²) in [6.45, 7) is -0.109. The third-order valence-electron chi connectivity index (χ3n) is 3.34. The molecule has 0 aliphatic rings. The summed E-state index contributed by atoms with van der Waals surface area (Å²) in [5, 5.41) is 3.23. The molecule has 136 valence electrons. The van der Waals surface area contributed by atoms with E-state index in [0.29, 0.717) is 17.1 Å². The fraction of sp³-hybridized carbons (Fsp3) is 0.158. The second-order valence-electron chi connectivity index (χ2n) is 5.24. The quantitative estimate of drug-likeness (QED) is 0.593. The lowest BCUT2D eigenvalue weighted by Gasteiger charge is -2.06. The van der Waals surface area contributed by atoms with Crippen LogP contribution in [0.15, 0.2) is 48.5 Å². The summed E-state index contributed by atoms with van der Waals surface area (Å²) in [6.07, 6.45) is 2.50.